The highest BCUT2D eigenvalue weighted by Gasteiger charge is 2.11. The maximum absolute atomic E-state index is 11.5. The number of urea groups is 1. The number of carbonyl (C=O) groups excluding carboxylic acids is 1. The molecule has 5 nitrogen and oxygen atoms in total. The summed E-state index contributed by atoms with van der Waals surface area (Å²) < 4.78 is 0. The van der Waals surface area contributed by atoms with Crippen molar-refractivity contribution in [1.82, 2.24) is 10.6 Å². The molecule has 0 rings (SSSR count). The van der Waals surface area contributed by atoms with Crippen molar-refractivity contribution in [3.05, 3.63) is 0 Å². The second-order valence-electron chi connectivity index (χ2n) is 5.90. The molecule has 5 heteroatoms. The molecule has 0 saturated carbocycles. The second-order valence-corrected chi connectivity index (χ2v) is 5.90. The number of rotatable bonds is 7. The van der Waals surface area contributed by atoms with Crippen LogP contribution >= 0.6 is 0 Å². The van der Waals surface area contributed by atoms with Crippen LogP contribution in [0.4, 0.5) is 4.79 Å². The van der Waals surface area contributed by atoms with E-state index in [0.29, 0.717) is 19.4 Å². The summed E-state index contributed by atoms with van der Waals surface area (Å²) in [5.74, 6) is -0.795. The van der Waals surface area contributed by atoms with E-state index in [-0.39, 0.29) is 23.9 Å². The molecular formula is C13H26N2O3. The van der Waals surface area contributed by atoms with E-state index < -0.39 is 5.97 Å². The second kappa shape index (κ2) is 7.95. The number of amides is 2. The number of carboxylic acid groups (broad SMARTS) is 1. The van der Waals surface area contributed by atoms with Crippen molar-refractivity contribution >= 4 is 12.0 Å². The monoisotopic (exact) mass is 258 g/mol. The van der Waals surface area contributed by atoms with Gasteiger partial charge in [-0.05, 0) is 31.6 Å². The molecule has 3 N–H and O–H groups in total. The van der Waals surface area contributed by atoms with Crippen LogP contribution in [-0.2, 0) is 4.79 Å². The van der Waals surface area contributed by atoms with Crippen molar-refractivity contribution < 1.29 is 14.7 Å². The summed E-state index contributed by atoms with van der Waals surface area (Å²) in [5, 5.41) is 14.1. The number of carboxylic acids is 1. The van der Waals surface area contributed by atoms with Crippen LogP contribution in [0, 0.1) is 5.41 Å². The van der Waals surface area contributed by atoms with E-state index in [1.165, 1.54) is 0 Å². The van der Waals surface area contributed by atoms with E-state index in [9.17, 15) is 9.59 Å². The largest absolute Gasteiger partial charge is 0.481 e. The lowest BCUT2D eigenvalue weighted by Crippen LogP contribution is -2.41. The molecule has 0 aromatic rings. The summed E-state index contributed by atoms with van der Waals surface area (Å²) in [7, 11) is 0. The molecule has 0 aliphatic heterocycles. The molecule has 0 aromatic carbocycles. The third-order valence-electron chi connectivity index (χ3n) is 2.57. The zero-order valence-electron chi connectivity index (χ0n) is 11.9. The van der Waals surface area contributed by atoms with Crippen molar-refractivity contribution in [3.8, 4) is 0 Å². The van der Waals surface area contributed by atoms with Crippen LogP contribution in [0.1, 0.15) is 53.4 Å². The Kier molecular flexibility index (Phi) is 7.39. The van der Waals surface area contributed by atoms with Gasteiger partial charge >= 0.3 is 12.0 Å². The van der Waals surface area contributed by atoms with Gasteiger partial charge in [-0.3, -0.25) is 4.79 Å². The molecule has 0 spiro atoms. The maximum Gasteiger partial charge on any atom is 0.314 e. The number of nitrogens with one attached hydrogen (secondary N) is 2. The Morgan fingerprint density at radius 3 is 2.39 bits per heavy atom. The van der Waals surface area contributed by atoms with E-state index in [2.05, 4.69) is 31.4 Å². The number of hydrogen-bond acceptors (Lipinski definition) is 2. The summed E-state index contributed by atoms with van der Waals surface area (Å²) in [6.07, 6.45) is 2.34. The average Bonchev–Trinajstić information content (AvgIpc) is 2.14. The van der Waals surface area contributed by atoms with Gasteiger partial charge in [-0.25, -0.2) is 4.79 Å². The van der Waals surface area contributed by atoms with E-state index >= 15 is 0 Å². The Bertz CT molecular complexity index is 272. The first kappa shape index (κ1) is 16.7. The van der Waals surface area contributed by atoms with E-state index in [1.54, 1.807) is 0 Å². The van der Waals surface area contributed by atoms with Gasteiger partial charge in [0.15, 0.2) is 0 Å². The fraction of sp³-hybridized carbons (Fsp3) is 0.846. The van der Waals surface area contributed by atoms with Crippen LogP contribution < -0.4 is 10.6 Å². The van der Waals surface area contributed by atoms with Crippen molar-refractivity contribution in [1.29, 1.82) is 0 Å². The number of carbonyl (C=O) groups is 2. The molecule has 2 amide bonds. The lowest BCUT2D eigenvalue weighted by molar-refractivity contribution is -0.137. The van der Waals surface area contributed by atoms with Crippen LogP contribution in [0.3, 0.4) is 0 Å². The molecule has 1 unspecified atom stereocenters. The average molecular weight is 258 g/mol. The quantitative estimate of drug-likeness (QED) is 0.656. The smallest absolute Gasteiger partial charge is 0.314 e. The zero-order valence-corrected chi connectivity index (χ0v) is 11.9. The predicted molar refractivity (Wildman–Crippen MR) is 71.6 cm³/mol. The van der Waals surface area contributed by atoms with E-state index in [4.69, 9.17) is 5.11 Å². The van der Waals surface area contributed by atoms with Crippen LogP contribution in [0.15, 0.2) is 0 Å². The molecule has 106 valence electrons. The topological polar surface area (TPSA) is 78.4 Å². The zero-order chi connectivity index (χ0) is 14.2. The molecule has 0 fully saturated rings. The fourth-order valence-corrected chi connectivity index (χ4v) is 1.46. The highest BCUT2D eigenvalue weighted by atomic mass is 16.4. The van der Waals surface area contributed by atoms with Gasteiger partial charge in [-0.15, -0.1) is 0 Å². The van der Waals surface area contributed by atoms with Crippen LogP contribution in [-0.4, -0.2) is 29.7 Å². The molecule has 18 heavy (non-hydrogen) atoms. The van der Waals surface area contributed by atoms with Crippen molar-refractivity contribution in [2.45, 2.75) is 59.4 Å². The number of aliphatic carboxylic acids is 1. The van der Waals surface area contributed by atoms with Crippen molar-refractivity contribution in [2.75, 3.05) is 6.54 Å². The first-order chi connectivity index (χ1) is 8.20. The highest BCUT2D eigenvalue weighted by Crippen LogP contribution is 2.16. The molecule has 0 heterocycles. The first-order valence-corrected chi connectivity index (χ1v) is 6.47. The summed E-state index contributed by atoms with van der Waals surface area (Å²) in [5.41, 5.74) is 0.209. The van der Waals surface area contributed by atoms with Crippen LogP contribution in [0.2, 0.25) is 0 Å². The summed E-state index contributed by atoms with van der Waals surface area (Å²) in [6, 6.07) is -0.180. The minimum Gasteiger partial charge on any atom is -0.481 e. The van der Waals surface area contributed by atoms with Gasteiger partial charge in [0, 0.05) is 19.0 Å². The van der Waals surface area contributed by atoms with Gasteiger partial charge < -0.3 is 15.7 Å². The lowest BCUT2D eigenvalue weighted by Gasteiger charge is -2.19. The molecule has 1 atom stereocenters. The van der Waals surface area contributed by atoms with Gasteiger partial charge in [0.1, 0.15) is 0 Å². The maximum atomic E-state index is 11.5. The standard InChI is InChI=1S/C13H26N2O3/c1-10(6-5-7-11(16)17)15-12(18)14-9-8-13(2,3)4/h10H,5-9H2,1-4H3,(H,16,17)(H2,14,15,18). The Morgan fingerprint density at radius 1 is 1.28 bits per heavy atom. The summed E-state index contributed by atoms with van der Waals surface area (Å²) >= 11 is 0. The van der Waals surface area contributed by atoms with Gasteiger partial charge in [0.2, 0.25) is 0 Å². The summed E-state index contributed by atoms with van der Waals surface area (Å²) in [6.45, 7) is 8.91. The van der Waals surface area contributed by atoms with Gasteiger partial charge in [0.05, 0.1) is 0 Å². The molecule has 0 aliphatic rings. The van der Waals surface area contributed by atoms with Crippen LogP contribution in [0.5, 0.6) is 0 Å². The van der Waals surface area contributed by atoms with E-state index in [1.807, 2.05) is 6.92 Å². The SMILES string of the molecule is CC(CCCC(=O)O)NC(=O)NCCC(C)(C)C. The predicted octanol–water partition coefficient (Wildman–Crippen LogP) is 2.37. The molecule has 0 radical (unpaired) electrons. The molecule has 0 aromatic heterocycles. The number of hydrogen-bond donors (Lipinski definition) is 3. The van der Waals surface area contributed by atoms with Crippen molar-refractivity contribution in [2.24, 2.45) is 5.41 Å². The van der Waals surface area contributed by atoms with Gasteiger partial charge in [-0.1, -0.05) is 20.8 Å². The van der Waals surface area contributed by atoms with Gasteiger partial charge in [0.25, 0.3) is 0 Å². The van der Waals surface area contributed by atoms with Crippen molar-refractivity contribution in [3.63, 3.8) is 0 Å². The first-order valence-electron chi connectivity index (χ1n) is 6.47. The van der Waals surface area contributed by atoms with Gasteiger partial charge in [-0.2, -0.15) is 0 Å². The third kappa shape index (κ3) is 11.2. The Balaban J connectivity index is 3.64. The van der Waals surface area contributed by atoms with E-state index in [0.717, 1.165) is 6.42 Å². The molecule has 0 saturated heterocycles. The highest BCUT2D eigenvalue weighted by molar-refractivity contribution is 5.74. The minimum absolute atomic E-state index is 0.000938. The normalized spacial score (nSPS) is 12.9. The Hall–Kier alpha value is -1.26. The van der Waals surface area contributed by atoms with Crippen LogP contribution in [0.25, 0.3) is 0 Å². The Labute approximate surface area is 109 Å². The Morgan fingerprint density at radius 2 is 1.89 bits per heavy atom. The molecule has 0 bridgehead atoms. The fourth-order valence-electron chi connectivity index (χ4n) is 1.46. The lowest BCUT2D eigenvalue weighted by atomic mass is 9.92. The molecular weight excluding hydrogens is 232 g/mol. The molecule has 0 aliphatic carbocycles. The minimum atomic E-state index is -0.795. The third-order valence-corrected chi connectivity index (χ3v) is 2.57. The summed E-state index contributed by atoms with van der Waals surface area (Å²) in [4.78, 5) is 21.8.